The summed E-state index contributed by atoms with van der Waals surface area (Å²) in [5, 5.41) is 11.1. The summed E-state index contributed by atoms with van der Waals surface area (Å²) in [7, 11) is 0. The molecule has 0 aromatic carbocycles. The molecule has 11 heavy (non-hydrogen) atoms. The van der Waals surface area contributed by atoms with Crippen LogP contribution in [0.4, 0.5) is 0 Å². The van der Waals surface area contributed by atoms with Crippen molar-refractivity contribution in [1.82, 2.24) is 5.32 Å². The number of nitrogens with one attached hydrogen (secondary N) is 1. The van der Waals surface area contributed by atoms with Gasteiger partial charge in [0, 0.05) is 0 Å². The van der Waals surface area contributed by atoms with Crippen molar-refractivity contribution in [3.63, 3.8) is 0 Å². The summed E-state index contributed by atoms with van der Waals surface area (Å²) in [6.07, 6.45) is 4.38. The molecule has 6 N–H and O–H groups in total. The van der Waals surface area contributed by atoms with Crippen LogP contribution in [-0.2, 0) is 4.79 Å². The van der Waals surface area contributed by atoms with E-state index in [1.54, 1.807) is 0 Å². The molecule has 0 fully saturated rings. The second kappa shape index (κ2) is 2.37. The summed E-state index contributed by atoms with van der Waals surface area (Å²) in [4.78, 5) is 10.5. The smallest absolute Gasteiger partial charge is 0.336 e. The Kier molecular flexibility index (Phi) is 1.67. The lowest BCUT2D eigenvalue weighted by Gasteiger charge is -2.27. The maximum atomic E-state index is 10.5. The molecule has 60 valence electrons. The minimum absolute atomic E-state index is 0.0556. The summed E-state index contributed by atoms with van der Waals surface area (Å²) >= 11 is 0. The SMILES string of the molecule is NC1(N)NC=CC=C1C(=O)O. The van der Waals surface area contributed by atoms with E-state index < -0.39 is 11.8 Å². The molecule has 1 aliphatic rings. The first kappa shape index (κ1) is 7.77. The van der Waals surface area contributed by atoms with Crippen LogP contribution in [0.1, 0.15) is 0 Å². The molecule has 0 bridgehead atoms. The van der Waals surface area contributed by atoms with Crippen molar-refractivity contribution < 1.29 is 9.90 Å². The average molecular weight is 155 g/mol. The molecule has 5 nitrogen and oxygen atoms in total. The average Bonchev–Trinajstić information content (AvgIpc) is 1.85. The van der Waals surface area contributed by atoms with Crippen molar-refractivity contribution in [2.75, 3.05) is 0 Å². The van der Waals surface area contributed by atoms with Crippen molar-refractivity contribution in [3.05, 3.63) is 23.9 Å². The van der Waals surface area contributed by atoms with E-state index in [0.29, 0.717) is 0 Å². The molecule has 1 heterocycles. The van der Waals surface area contributed by atoms with Gasteiger partial charge < -0.3 is 10.4 Å². The predicted molar refractivity (Wildman–Crippen MR) is 39.1 cm³/mol. The Morgan fingerprint density at radius 1 is 1.64 bits per heavy atom. The fourth-order valence-corrected chi connectivity index (χ4v) is 0.794. The molecule has 5 heteroatoms. The Morgan fingerprint density at radius 3 is 2.64 bits per heavy atom. The quantitative estimate of drug-likeness (QED) is 0.352. The molecule has 0 radical (unpaired) electrons. The molecule has 0 spiro atoms. The van der Waals surface area contributed by atoms with Gasteiger partial charge >= 0.3 is 5.97 Å². The van der Waals surface area contributed by atoms with Crippen LogP contribution >= 0.6 is 0 Å². The Morgan fingerprint density at radius 2 is 2.27 bits per heavy atom. The minimum Gasteiger partial charge on any atom is -0.478 e. The number of carboxylic acid groups (broad SMARTS) is 1. The number of rotatable bonds is 1. The van der Waals surface area contributed by atoms with Gasteiger partial charge in [-0.05, 0) is 18.4 Å². The lowest BCUT2D eigenvalue weighted by atomic mass is 10.1. The van der Waals surface area contributed by atoms with E-state index in [0.717, 1.165) is 0 Å². The van der Waals surface area contributed by atoms with E-state index in [1.165, 1.54) is 18.4 Å². The fourth-order valence-electron chi connectivity index (χ4n) is 0.794. The second-order valence-corrected chi connectivity index (χ2v) is 2.26. The van der Waals surface area contributed by atoms with Gasteiger partial charge in [-0.15, -0.1) is 0 Å². The topological polar surface area (TPSA) is 101 Å². The molecular weight excluding hydrogens is 146 g/mol. The molecule has 1 rings (SSSR count). The number of allylic oxidation sites excluding steroid dienone is 2. The lowest BCUT2D eigenvalue weighted by molar-refractivity contribution is -0.133. The van der Waals surface area contributed by atoms with Gasteiger partial charge in [0.2, 0.25) is 0 Å². The van der Waals surface area contributed by atoms with Crippen molar-refractivity contribution in [1.29, 1.82) is 0 Å². The molecule has 0 aliphatic carbocycles. The van der Waals surface area contributed by atoms with Crippen LogP contribution in [0.3, 0.4) is 0 Å². The lowest BCUT2D eigenvalue weighted by Crippen LogP contribution is -2.62. The zero-order chi connectivity index (χ0) is 8.48. The molecule has 0 aromatic rings. The van der Waals surface area contributed by atoms with Crippen molar-refractivity contribution in [3.8, 4) is 0 Å². The first-order valence-electron chi connectivity index (χ1n) is 3.00. The standard InChI is InChI=1S/C6H9N3O2/c7-6(8)4(5(10)11)2-1-3-9-6/h1-3,9H,7-8H2,(H,10,11). The highest BCUT2D eigenvalue weighted by Gasteiger charge is 2.29. The number of hydrogen-bond acceptors (Lipinski definition) is 4. The first-order valence-corrected chi connectivity index (χ1v) is 3.00. The normalized spacial score (nSPS) is 20.4. The van der Waals surface area contributed by atoms with Crippen LogP contribution in [0.15, 0.2) is 23.9 Å². The Balaban J connectivity index is 2.97. The van der Waals surface area contributed by atoms with E-state index in [-0.39, 0.29) is 5.57 Å². The Bertz CT molecular complexity index is 242. The largest absolute Gasteiger partial charge is 0.478 e. The summed E-state index contributed by atoms with van der Waals surface area (Å²) in [6, 6.07) is 0. The predicted octanol–water partition coefficient (Wildman–Crippen LogP) is -1.31. The van der Waals surface area contributed by atoms with E-state index in [1.807, 2.05) is 0 Å². The highest BCUT2D eigenvalue weighted by Crippen LogP contribution is 2.08. The Labute approximate surface area is 63.4 Å². The van der Waals surface area contributed by atoms with Crippen molar-refractivity contribution >= 4 is 5.97 Å². The van der Waals surface area contributed by atoms with Crippen LogP contribution in [-0.4, -0.2) is 16.9 Å². The van der Waals surface area contributed by atoms with Crippen LogP contribution in [0, 0.1) is 0 Å². The molecule has 0 aromatic heterocycles. The van der Waals surface area contributed by atoms with Crippen LogP contribution < -0.4 is 16.8 Å². The van der Waals surface area contributed by atoms with Crippen molar-refractivity contribution in [2.24, 2.45) is 11.5 Å². The van der Waals surface area contributed by atoms with Gasteiger partial charge in [0.15, 0.2) is 5.79 Å². The van der Waals surface area contributed by atoms with E-state index in [2.05, 4.69) is 5.32 Å². The minimum atomic E-state index is -1.46. The summed E-state index contributed by atoms with van der Waals surface area (Å²) < 4.78 is 0. The van der Waals surface area contributed by atoms with E-state index in [4.69, 9.17) is 16.6 Å². The van der Waals surface area contributed by atoms with Gasteiger partial charge in [0.25, 0.3) is 0 Å². The third kappa shape index (κ3) is 1.39. The van der Waals surface area contributed by atoms with Gasteiger partial charge in [-0.1, -0.05) is 0 Å². The van der Waals surface area contributed by atoms with Crippen molar-refractivity contribution in [2.45, 2.75) is 5.79 Å². The highest BCUT2D eigenvalue weighted by atomic mass is 16.4. The molecule has 0 saturated carbocycles. The molecule has 1 aliphatic heterocycles. The maximum Gasteiger partial charge on any atom is 0.336 e. The zero-order valence-corrected chi connectivity index (χ0v) is 5.74. The van der Waals surface area contributed by atoms with E-state index >= 15 is 0 Å². The highest BCUT2D eigenvalue weighted by molar-refractivity contribution is 5.89. The monoisotopic (exact) mass is 155 g/mol. The maximum absolute atomic E-state index is 10.5. The first-order chi connectivity index (χ1) is 5.04. The van der Waals surface area contributed by atoms with E-state index in [9.17, 15) is 4.79 Å². The molecule has 0 unspecified atom stereocenters. The summed E-state index contributed by atoms with van der Waals surface area (Å²) in [5.74, 6) is -2.58. The second-order valence-electron chi connectivity index (χ2n) is 2.26. The number of hydrogen-bond donors (Lipinski definition) is 4. The van der Waals surface area contributed by atoms with Crippen LogP contribution in [0.5, 0.6) is 0 Å². The summed E-state index contributed by atoms with van der Waals surface area (Å²) in [6.45, 7) is 0. The van der Waals surface area contributed by atoms with Crippen LogP contribution in [0.2, 0.25) is 0 Å². The number of aliphatic carboxylic acids is 1. The van der Waals surface area contributed by atoms with Gasteiger partial charge in [-0.2, -0.15) is 0 Å². The number of nitrogens with two attached hydrogens (primary N) is 2. The number of carboxylic acids is 1. The molecular formula is C6H9N3O2. The van der Waals surface area contributed by atoms with Gasteiger partial charge in [-0.25, -0.2) is 4.79 Å². The number of carbonyl (C=O) groups is 1. The zero-order valence-electron chi connectivity index (χ0n) is 5.74. The van der Waals surface area contributed by atoms with Gasteiger partial charge in [-0.3, -0.25) is 11.5 Å². The number of dihydropyridines is 1. The Hall–Kier alpha value is -1.33. The van der Waals surface area contributed by atoms with Crippen LogP contribution in [0.25, 0.3) is 0 Å². The molecule has 0 atom stereocenters. The fraction of sp³-hybridized carbons (Fsp3) is 0.167. The molecule has 0 saturated heterocycles. The van der Waals surface area contributed by atoms with Gasteiger partial charge in [0.1, 0.15) is 0 Å². The molecule has 0 amide bonds. The third-order valence-corrected chi connectivity index (χ3v) is 1.36. The summed E-state index contributed by atoms with van der Waals surface area (Å²) in [5.41, 5.74) is 10.7. The van der Waals surface area contributed by atoms with Gasteiger partial charge in [0.05, 0.1) is 5.57 Å². The third-order valence-electron chi connectivity index (χ3n) is 1.36.